The first-order chi connectivity index (χ1) is 12.7. The van der Waals surface area contributed by atoms with E-state index in [1.807, 2.05) is 16.1 Å². The summed E-state index contributed by atoms with van der Waals surface area (Å²) in [5.41, 5.74) is 3.69. The van der Waals surface area contributed by atoms with Crippen LogP contribution >= 0.6 is 23.1 Å². The highest BCUT2D eigenvalue weighted by Gasteiger charge is 2.20. The number of nitrogens with zero attached hydrogens (tertiary/aromatic N) is 5. The molecule has 26 heavy (non-hydrogen) atoms. The second-order valence-electron chi connectivity index (χ2n) is 6.02. The van der Waals surface area contributed by atoms with Gasteiger partial charge in [-0.25, -0.2) is 19.6 Å². The lowest BCUT2D eigenvalue weighted by Crippen LogP contribution is -2.14. The number of fused-ring (bicyclic) bond motifs is 1. The second-order valence-corrected chi connectivity index (χ2v) is 7.91. The molecule has 0 radical (unpaired) electrons. The van der Waals surface area contributed by atoms with Gasteiger partial charge in [0.1, 0.15) is 11.4 Å². The first-order valence-electron chi connectivity index (χ1n) is 8.42. The SMILES string of the molecule is Cc1nn(-c2cc(SCC(=O)Nc3nccs3)ncn2)c2c1CCCC2. The van der Waals surface area contributed by atoms with Gasteiger partial charge in [0, 0.05) is 23.3 Å². The number of anilines is 1. The average Bonchev–Trinajstić information content (AvgIpc) is 3.29. The van der Waals surface area contributed by atoms with Crippen molar-refractivity contribution in [2.75, 3.05) is 11.1 Å². The van der Waals surface area contributed by atoms with Crippen LogP contribution < -0.4 is 5.32 Å². The zero-order chi connectivity index (χ0) is 17.9. The Balaban J connectivity index is 1.48. The van der Waals surface area contributed by atoms with Crippen LogP contribution in [0.15, 0.2) is 29.0 Å². The van der Waals surface area contributed by atoms with Gasteiger partial charge in [0.2, 0.25) is 5.91 Å². The van der Waals surface area contributed by atoms with Crippen molar-refractivity contribution < 1.29 is 4.79 Å². The van der Waals surface area contributed by atoms with E-state index >= 15 is 0 Å². The summed E-state index contributed by atoms with van der Waals surface area (Å²) in [6, 6.07) is 1.89. The molecule has 1 amide bonds. The van der Waals surface area contributed by atoms with Gasteiger partial charge in [0.25, 0.3) is 0 Å². The summed E-state index contributed by atoms with van der Waals surface area (Å²) in [7, 11) is 0. The molecule has 3 aromatic rings. The molecule has 4 rings (SSSR count). The highest BCUT2D eigenvalue weighted by Crippen LogP contribution is 2.26. The fraction of sp³-hybridized carbons (Fsp3) is 0.353. The lowest BCUT2D eigenvalue weighted by molar-refractivity contribution is -0.113. The van der Waals surface area contributed by atoms with Gasteiger partial charge >= 0.3 is 0 Å². The van der Waals surface area contributed by atoms with Gasteiger partial charge in [-0.1, -0.05) is 11.8 Å². The molecule has 1 N–H and O–H groups in total. The summed E-state index contributed by atoms with van der Waals surface area (Å²) >= 11 is 2.77. The van der Waals surface area contributed by atoms with Crippen LogP contribution in [0, 0.1) is 6.92 Å². The van der Waals surface area contributed by atoms with E-state index in [0.29, 0.717) is 5.13 Å². The standard InChI is InChI=1S/C17H18N6OS2/c1-11-12-4-2-3-5-13(12)23(22-11)14-8-16(20-10-19-14)26-9-15(24)21-17-18-6-7-25-17/h6-8,10H,2-5,9H2,1H3,(H,18,21,24). The number of nitrogens with one attached hydrogen (secondary N) is 1. The molecule has 0 fully saturated rings. The average molecular weight is 387 g/mol. The molecule has 1 aliphatic carbocycles. The number of hydrogen-bond acceptors (Lipinski definition) is 7. The Morgan fingerprint density at radius 1 is 1.31 bits per heavy atom. The van der Waals surface area contributed by atoms with Gasteiger partial charge in [0.05, 0.1) is 11.4 Å². The molecule has 7 nitrogen and oxygen atoms in total. The Labute approximate surface area is 159 Å². The lowest BCUT2D eigenvalue weighted by Gasteiger charge is -2.13. The highest BCUT2D eigenvalue weighted by molar-refractivity contribution is 7.99. The van der Waals surface area contributed by atoms with Crippen LogP contribution in [0.4, 0.5) is 5.13 Å². The highest BCUT2D eigenvalue weighted by atomic mass is 32.2. The fourth-order valence-corrected chi connectivity index (χ4v) is 4.28. The summed E-state index contributed by atoms with van der Waals surface area (Å²) < 4.78 is 1.94. The fourth-order valence-electron chi connectivity index (χ4n) is 3.08. The van der Waals surface area contributed by atoms with Crippen LogP contribution in [0.1, 0.15) is 29.8 Å². The maximum Gasteiger partial charge on any atom is 0.236 e. The molecule has 0 bridgehead atoms. The van der Waals surface area contributed by atoms with Crippen molar-refractivity contribution in [1.29, 1.82) is 0 Å². The third kappa shape index (κ3) is 3.63. The first-order valence-corrected chi connectivity index (χ1v) is 10.3. The number of rotatable bonds is 5. The lowest BCUT2D eigenvalue weighted by atomic mass is 9.96. The smallest absolute Gasteiger partial charge is 0.236 e. The minimum absolute atomic E-state index is 0.0996. The van der Waals surface area contributed by atoms with E-state index < -0.39 is 0 Å². The number of carbonyl (C=O) groups is 1. The minimum Gasteiger partial charge on any atom is -0.301 e. The van der Waals surface area contributed by atoms with Crippen LogP contribution in [0.25, 0.3) is 5.82 Å². The number of aryl methyl sites for hydroxylation is 1. The largest absolute Gasteiger partial charge is 0.301 e. The molecule has 9 heteroatoms. The number of thiazole rings is 1. The molecule has 0 unspecified atom stereocenters. The summed E-state index contributed by atoms with van der Waals surface area (Å²) in [5.74, 6) is 0.929. The van der Waals surface area contributed by atoms with Gasteiger partial charge in [-0.05, 0) is 38.2 Å². The molecule has 0 saturated heterocycles. The number of thioether (sulfide) groups is 1. The van der Waals surface area contributed by atoms with Crippen molar-refractivity contribution in [3.63, 3.8) is 0 Å². The van der Waals surface area contributed by atoms with E-state index in [4.69, 9.17) is 0 Å². The molecular weight excluding hydrogens is 368 g/mol. The predicted molar refractivity (Wildman–Crippen MR) is 102 cm³/mol. The quantitative estimate of drug-likeness (QED) is 0.536. The normalized spacial score (nSPS) is 13.4. The Morgan fingerprint density at radius 2 is 2.19 bits per heavy atom. The van der Waals surface area contributed by atoms with Crippen LogP contribution in [-0.2, 0) is 17.6 Å². The van der Waals surface area contributed by atoms with Gasteiger partial charge in [-0.3, -0.25) is 4.79 Å². The van der Waals surface area contributed by atoms with E-state index in [-0.39, 0.29) is 11.7 Å². The van der Waals surface area contributed by atoms with Crippen molar-refractivity contribution in [2.45, 2.75) is 37.6 Å². The van der Waals surface area contributed by atoms with Gasteiger partial charge in [-0.15, -0.1) is 11.3 Å². The van der Waals surface area contributed by atoms with Crippen LogP contribution in [-0.4, -0.2) is 36.4 Å². The Hall–Kier alpha value is -2.26. The van der Waals surface area contributed by atoms with Crippen LogP contribution in [0.3, 0.4) is 0 Å². The van der Waals surface area contributed by atoms with E-state index in [1.54, 1.807) is 6.20 Å². The van der Waals surface area contributed by atoms with E-state index in [9.17, 15) is 4.79 Å². The zero-order valence-electron chi connectivity index (χ0n) is 14.3. The third-order valence-corrected chi connectivity index (χ3v) is 5.87. The van der Waals surface area contributed by atoms with Crippen molar-refractivity contribution in [1.82, 2.24) is 24.7 Å². The van der Waals surface area contributed by atoms with E-state index in [0.717, 1.165) is 29.4 Å². The molecule has 0 saturated carbocycles. The monoisotopic (exact) mass is 386 g/mol. The first kappa shape index (κ1) is 17.2. The molecule has 0 aromatic carbocycles. The summed E-state index contributed by atoms with van der Waals surface area (Å²) in [6.45, 7) is 2.06. The Morgan fingerprint density at radius 3 is 3.04 bits per heavy atom. The van der Waals surface area contributed by atoms with E-state index in [2.05, 4.69) is 32.3 Å². The zero-order valence-corrected chi connectivity index (χ0v) is 15.9. The van der Waals surface area contributed by atoms with Crippen molar-refractivity contribution in [3.8, 4) is 5.82 Å². The predicted octanol–water partition coefficient (Wildman–Crippen LogP) is 3.04. The topological polar surface area (TPSA) is 85.6 Å². The van der Waals surface area contributed by atoms with Crippen molar-refractivity contribution >= 4 is 34.1 Å². The number of carbonyl (C=O) groups excluding carboxylic acids is 1. The molecule has 1 aliphatic rings. The van der Waals surface area contributed by atoms with E-state index in [1.165, 1.54) is 53.5 Å². The number of aromatic nitrogens is 5. The Bertz CT molecular complexity index is 921. The molecule has 0 spiro atoms. The van der Waals surface area contributed by atoms with Crippen molar-refractivity contribution in [3.05, 3.63) is 40.9 Å². The molecule has 3 aromatic heterocycles. The maximum atomic E-state index is 12.0. The molecule has 0 aliphatic heterocycles. The summed E-state index contributed by atoms with van der Waals surface area (Å²) in [6.07, 6.45) is 7.71. The van der Waals surface area contributed by atoms with Gasteiger partial charge in [-0.2, -0.15) is 5.10 Å². The third-order valence-electron chi connectivity index (χ3n) is 4.26. The second kappa shape index (κ2) is 7.55. The minimum atomic E-state index is -0.0996. The van der Waals surface area contributed by atoms with Crippen LogP contribution in [0.5, 0.6) is 0 Å². The summed E-state index contributed by atoms with van der Waals surface area (Å²) in [5, 5.41) is 10.6. The van der Waals surface area contributed by atoms with Crippen LogP contribution in [0.2, 0.25) is 0 Å². The molecular formula is C17H18N6OS2. The Kier molecular flexibility index (Phi) is 4.98. The van der Waals surface area contributed by atoms with Gasteiger partial charge < -0.3 is 5.32 Å². The number of hydrogen-bond donors (Lipinski definition) is 1. The molecule has 3 heterocycles. The maximum absolute atomic E-state index is 12.0. The summed E-state index contributed by atoms with van der Waals surface area (Å²) in [4.78, 5) is 24.7. The molecule has 0 atom stereocenters. The van der Waals surface area contributed by atoms with Gasteiger partial charge in [0.15, 0.2) is 10.9 Å². The molecule has 134 valence electrons. The van der Waals surface area contributed by atoms with Crippen molar-refractivity contribution in [2.24, 2.45) is 0 Å². The number of amides is 1.